The van der Waals surface area contributed by atoms with Crippen molar-refractivity contribution in [3.05, 3.63) is 92.8 Å². The highest BCUT2D eigenvalue weighted by Crippen LogP contribution is 2.25. The second kappa shape index (κ2) is 9.10. The van der Waals surface area contributed by atoms with Gasteiger partial charge in [-0.25, -0.2) is 5.43 Å². The fraction of sp³-hybridized carbons (Fsp3) is 0.0526. The molecule has 0 aliphatic carbocycles. The normalized spacial score (nSPS) is 10.7. The summed E-state index contributed by atoms with van der Waals surface area (Å²) in [5, 5.41) is 25.5. The summed E-state index contributed by atoms with van der Waals surface area (Å²) in [4.78, 5) is 32.5. The number of aromatic nitrogens is 1. The van der Waals surface area contributed by atoms with Crippen LogP contribution in [0.2, 0.25) is 0 Å². The molecule has 152 valence electrons. The molecule has 3 rings (SSSR count). The second-order valence-electron chi connectivity index (χ2n) is 5.88. The minimum absolute atomic E-state index is 0.0197. The predicted octanol–water partition coefficient (Wildman–Crippen LogP) is 2.82. The van der Waals surface area contributed by atoms with E-state index in [9.17, 15) is 25.0 Å². The van der Waals surface area contributed by atoms with E-state index in [-0.39, 0.29) is 17.1 Å². The van der Waals surface area contributed by atoms with Gasteiger partial charge in [-0.1, -0.05) is 12.1 Å². The van der Waals surface area contributed by atoms with Crippen molar-refractivity contribution in [2.75, 3.05) is 6.61 Å². The molecule has 0 bridgehead atoms. The molecule has 0 saturated carbocycles. The maximum atomic E-state index is 11.9. The first-order valence-electron chi connectivity index (χ1n) is 8.56. The van der Waals surface area contributed by atoms with Crippen LogP contribution in [0.5, 0.6) is 5.75 Å². The Hall–Kier alpha value is -4.54. The number of hydrazone groups is 1. The van der Waals surface area contributed by atoms with Crippen LogP contribution in [0.4, 0.5) is 11.4 Å². The lowest BCUT2D eigenvalue weighted by molar-refractivity contribution is -0.385. The van der Waals surface area contributed by atoms with Crippen molar-refractivity contribution < 1.29 is 19.4 Å². The van der Waals surface area contributed by atoms with Gasteiger partial charge in [-0.15, -0.1) is 0 Å². The summed E-state index contributed by atoms with van der Waals surface area (Å²) in [5.41, 5.74) is 3.31. The number of hydrogen-bond acceptors (Lipinski definition) is 7. The van der Waals surface area contributed by atoms with E-state index in [0.717, 1.165) is 0 Å². The Bertz CT molecular complexity index is 1110. The number of amides is 1. The number of benzene rings is 2. The second-order valence-corrected chi connectivity index (χ2v) is 5.88. The van der Waals surface area contributed by atoms with Gasteiger partial charge >= 0.3 is 5.69 Å². The smallest absolute Gasteiger partial charge is 0.310 e. The highest BCUT2D eigenvalue weighted by atomic mass is 16.6. The molecule has 1 amide bonds. The first-order valence-corrected chi connectivity index (χ1v) is 8.56. The summed E-state index contributed by atoms with van der Waals surface area (Å²) in [6, 6.07) is 15.2. The SMILES string of the molecule is O=C(COc1ccccc1[N+](=O)[O-])N/N=C\c1cccn1-c1ccc([N+](=O)[O-])cc1. The Labute approximate surface area is 169 Å². The maximum Gasteiger partial charge on any atom is 0.310 e. The van der Waals surface area contributed by atoms with Crippen molar-refractivity contribution in [3.8, 4) is 11.4 Å². The average Bonchev–Trinajstić information content (AvgIpc) is 3.21. The molecule has 0 atom stereocenters. The number of para-hydroxylation sites is 2. The first-order chi connectivity index (χ1) is 14.5. The Morgan fingerprint density at radius 2 is 1.77 bits per heavy atom. The van der Waals surface area contributed by atoms with E-state index in [1.54, 1.807) is 41.1 Å². The van der Waals surface area contributed by atoms with Crippen LogP contribution in [0.25, 0.3) is 5.69 Å². The number of nitrogens with one attached hydrogen (secondary N) is 1. The molecule has 0 aliphatic heterocycles. The zero-order valence-corrected chi connectivity index (χ0v) is 15.4. The lowest BCUT2D eigenvalue weighted by Crippen LogP contribution is -2.24. The summed E-state index contributed by atoms with van der Waals surface area (Å²) in [5.74, 6) is -0.619. The van der Waals surface area contributed by atoms with Crippen molar-refractivity contribution in [2.24, 2.45) is 5.10 Å². The zero-order chi connectivity index (χ0) is 21.5. The number of nitrogens with zero attached hydrogens (tertiary/aromatic N) is 4. The van der Waals surface area contributed by atoms with Crippen LogP contribution >= 0.6 is 0 Å². The van der Waals surface area contributed by atoms with Gasteiger partial charge in [0.15, 0.2) is 12.4 Å². The van der Waals surface area contributed by atoms with E-state index in [2.05, 4.69) is 10.5 Å². The van der Waals surface area contributed by atoms with Crippen molar-refractivity contribution in [1.82, 2.24) is 9.99 Å². The maximum absolute atomic E-state index is 11.9. The Kier molecular flexibility index (Phi) is 6.13. The van der Waals surface area contributed by atoms with Crippen LogP contribution in [0.15, 0.2) is 72.0 Å². The third kappa shape index (κ3) is 4.84. The molecular weight excluding hydrogens is 394 g/mol. The van der Waals surface area contributed by atoms with Gasteiger partial charge in [0.1, 0.15) is 0 Å². The highest BCUT2D eigenvalue weighted by Gasteiger charge is 2.14. The number of non-ortho nitro benzene ring substituents is 1. The number of carbonyl (C=O) groups is 1. The molecule has 3 aromatic rings. The van der Waals surface area contributed by atoms with Gasteiger partial charge in [0.2, 0.25) is 0 Å². The molecule has 1 aromatic heterocycles. The minimum Gasteiger partial charge on any atom is -0.477 e. The molecule has 11 nitrogen and oxygen atoms in total. The van der Waals surface area contributed by atoms with Gasteiger partial charge in [0, 0.05) is 30.1 Å². The fourth-order valence-corrected chi connectivity index (χ4v) is 2.55. The van der Waals surface area contributed by atoms with Crippen LogP contribution < -0.4 is 10.2 Å². The van der Waals surface area contributed by atoms with E-state index in [4.69, 9.17) is 4.74 Å². The molecule has 1 N–H and O–H groups in total. The molecule has 1 heterocycles. The molecule has 0 fully saturated rings. The van der Waals surface area contributed by atoms with Crippen LogP contribution in [-0.4, -0.2) is 33.1 Å². The van der Waals surface area contributed by atoms with Crippen molar-refractivity contribution in [1.29, 1.82) is 0 Å². The van der Waals surface area contributed by atoms with Gasteiger partial charge in [-0.2, -0.15) is 5.10 Å². The number of rotatable bonds is 8. The molecule has 11 heteroatoms. The molecule has 0 unspecified atom stereocenters. The van der Waals surface area contributed by atoms with E-state index in [1.165, 1.54) is 36.5 Å². The average molecular weight is 409 g/mol. The van der Waals surface area contributed by atoms with Crippen LogP contribution in [0.3, 0.4) is 0 Å². The van der Waals surface area contributed by atoms with Crippen LogP contribution in [-0.2, 0) is 4.79 Å². The Morgan fingerprint density at radius 1 is 1.03 bits per heavy atom. The summed E-state index contributed by atoms with van der Waals surface area (Å²) >= 11 is 0. The van der Waals surface area contributed by atoms with Crippen LogP contribution in [0, 0.1) is 20.2 Å². The van der Waals surface area contributed by atoms with Crippen molar-refractivity contribution in [3.63, 3.8) is 0 Å². The Balaban J connectivity index is 1.60. The molecular formula is C19H15N5O6. The predicted molar refractivity (Wildman–Crippen MR) is 107 cm³/mol. The zero-order valence-electron chi connectivity index (χ0n) is 15.4. The summed E-state index contributed by atoms with van der Waals surface area (Å²) < 4.78 is 6.91. The standard InChI is InChI=1S/C19H15N5O6/c25-19(13-30-18-6-2-1-5-17(18)24(28)29)21-20-12-16-4-3-11-22(16)14-7-9-15(10-8-14)23(26)27/h1-12H,13H2,(H,21,25)/b20-12-. The van der Waals surface area contributed by atoms with Gasteiger partial charge < -0.3 is 9.30 Å². The number of nitro benzene ring substituents is 2. The van der Waals surface area contributed by atoms with Crippen LogP contribution in [0.1, 0.15) is 5.69 Å². The quantitative estimate of drug-likeness (QED) is 0.344. The largest absolute Gasteiger partial charge is 0.477 e. The van der Waals surface area contributed by atoms with Gasteiger partial charge in [0.05, 0.1) is 21.8 Å². The lowest BCUT2D eigenvalue weighted by Gasteiger charge is -2.06. The van der Waals surface area contributed by atoms with E-state index < -0.39 is 22.4 Å². The molecule has 30 heavy (non-hydrogen) atoms. The third-order valence-electron chi connectivity index (χ3n) is 3.93. The number of nitro groups is 2. The summed E-state index contributed by atoms with van der Waals surface area (Å²) in [7, 11) is 0. The fourth-order valence-electron chi connectivity index (χ4n) is 2.55. The molecule has 2 aromatic carbocycles. The first kappa shape index (κ1) is 20.2. The van der Waals surface area contributed by atoms with Gasteiger partial charge in [-0.3, -0.25) is 25.0 Å². The third-order valence-corrected chi connectivity index (χ3v) is 3.93. The molecule has 0 spiro atoms. The van der Waals surface area contributed by atoms with Crippen molar-refractivity contribution in [2.45, 2.75) is 0 Å². The number of carbonyl (C=O) groups excluding carboxylic acids is 1. The number of hydrogen-bond donors (Lipinski definition) is 1. The van der Waals surface area contributed by atoms with E-state index in [0.29, 0.717) is 11.4 Å². The van der Waals surface area contributed by atoms with E-state index in [1.807, 2.05) is 0 Å². The monoisotopic (exact) mass is 409 g/mol. The summed E-state index contributed by atoms with van der Waals surface area (Å²) in [6.07, 6.45) is 3.13. The molecule has 0 radical (unpaired) electrons. The van der Waals surface area contributed by atoms with Gasteiger partial charge in [-0.05, 0) is 30.3 Å². The van der Waals surface area contributed by atoms with Gasteiger partial charge in [0.25, 0.3) is 11.6 Å². The number of ether oxygens (including phenoxy) is 1. The molecule has 0 saturated heterocycles. The van der Waals surface area contributed by atoms with E-state index >= 15 is 0 Å². The minimum atomic E-state index is -0.599. The highest BCUT2D eigenvalue weighted by molar-refractivity contribution is 5.82. The topological polar surface area (TPSA) is 142 Å². The summed E-state index contributed by atoms with van der Waals surface area (Å²) in [6.45, 7) is -0.453. The Morgan fingerprint density at radius 3 is 2.47 bits per heavy atom. The molecule has 0 aliphatic rings. The van der Waals surface area contributed by atoms with Crippen molar-refractivity contribution >= 4 is 23.5 Å². The lowest BCUT2D eigenvalue weighted by atomic mass is 10.3.